The minimum atomic E-state index is -3.88. The molecule has 4 rings (SSSR count). The summed E-state index contributed by atoms with van der Waals surface area (Å²) >= 11 is 0. The van der Waals surface area contributed by atoms with Crippen LogP contribution in [0.4, 0.5) is 11.4 Å². The standard InChI is InChI=1S/C29H36N4O3S/c1-3-32-18-20-33(21-19-32)27-16-15-26(30-29(34)17-14-24-10-6-4-7-11-24)22-28(27)37(35,36)31-23(2)25-12-8-5-9-13-25/h4-13,15-16,22-23,31H,3,14,17-21H2,1-2H3,(H,30,34)/t23-/m0/s1. The predicted octanol–water partition coefficient (Wildman–Crippen LogP) is 4.44. The highest BCUT2D eigenvalue weighted by Crippen LogP contribution is 2.31. The lowest BCUT2D eigenvalue weighted by Gasteiger charge is -2.36. The molecular weight excluding hydrogens is 484 g/mol. The molecule has 0 radical (unpaired) electrons. The summed E-state index contributed by atoms with van der Waals surface area (Å²) in [4.78, 5) is 17.3. The van der Waals surface area contributed by atoms with Gasteiger partial charge in [0.1, 0.15) is 4.90 Å². The van der Waals surface area contributed by atoms with E-state index in [-0.39, 0.29) is 10.8 Å². The number of hydrogen-bond acceptors (Lipinski definition) is 5. The second-order valence-electron chi connectivity index (χ2n) is 9.39. The van der Waals surface area contributed by atoms with E-state index in [0.717, 1.165) is 43.9 Å². The number of nitrogens with one attached hydrogen (secondary N) is 2. The minimum Gasteiger partial charge on any atom is -0.368 e. The van der Waals surface area contributed by atoms with Gasteiger partial charge >= 0.3 is 0 Å². The van der Waals surface area contributed by atoms with E-state index in [1.807, 2.05) is 73.7 Å². The van der Waals surface area contributed by atoms with E-state index in [2.05, 4.69) is 26.8 Å². The maximum Gasteiger partial charge on any atom is 0.243 e. The van der Waals surface area contributed by atoms with Crippen molar-refractivity contribution in [3.8, 4) is 0 Å². The Hall–Kier alpha value is -3.20. The Labute approximate surface area is 220 Å². The summed E-state index contributed by atoms with van der Waals surface area (Å²) < 4.78 is 30.2. The highest BCUT2D eigenvalue weighted by atomic mass is 32.2. The normalized spacial score (nSPS) is 15.4. The van der Waals surface area contributed by atoms with Gasteiger partial charge in [0.15, 0.2) is 0 Å². The molecule has 1 saturated heterocycles. The molecule has 0 aromatic heterocycles. The Morgan fingerprint density at radius 1 is 0.919 bits per heavy atom. The monoisotopic (exact) mass is 520 g/mol. The van der Waals surface area contributed by atoms with Gasteiger partial charge in [-0.15, -0.1) is 0 Å². The van der Waals surface area contributed by atoms with Crippen LogP contribution in [-0.4, -0.2) is 51.9 Å². The van der Waals surface area contributed by atoms with E-state index < -0.39 is 16.1 Å². The van der Waals surface area contributed by atoms with Gasteiger partial charge in [0.05, 0.1) is 5.69 Å². The first-order valence-corrected chi connectivity index (χ1v) is 14.4. The van der Waals surface area contributed by atoms with Crippen LogP contribution in [0.15, 0.2) is 83.8 Å². The molecule has 1 fully saturated rings. The molecule has 1 heterocycles. The van der Waals surface area contributed by atoms with Crippen molar-refractivity contribution in [2.24, 2.45) is 0 Å². The number of rotatable bonds is 10. The average molecular weight is 521 g/mol. The van der Waals surface area contributed by atoms with E-state index >= 15 is 0 Å². The molecule has 3 aromatic carbocycles. The molecule has 3 aromatic rings. The largest absolute Gasteiger partial charge is 0.368 e. The third-order valence-electron chi connectivity index (χ3n) is 6.81. The SMILES string of the molecule is CCN1CCN(c2ccc(NC(=O)CCc3ccccc3)cc2S(=O)(=O)N[C@@H](C)c2ccccc2)CC1. The summed E-state index contributed by atoms with van der Waals surface area (Å²) in [5.41, 5.74) is 3.10. The molecule has 0 unspecified atom stereocenters. The average Bonchev–Trinajstić information content (AvgIpc) is 2.93. The number of amides is 1. The molecule has 1 atom stereocenters. The van der Waals surface area contributed by atoms with Gasteiger partial charge in [0, 0.05) is 44.3 Å². The Morgan fingerprint density at radius 2 is 1.57 bits per heavy atom. The van der Waals surface area contributed by atoms with Gasteiger partial charge in [-0.25, -0.2) is 13.1 Å². The zero-order valence-corrected chi connectivity index (χ0v) is 22.4. The zero-order chi connectivity index (χ0) is 26.3. The molecule has 37 heavy (non-hydrogen) atoms. The molecule has 1 amide bonds. The Morgan fingerprint density at radius 3 is 2.22 bits per heavy atom. The molecular formula is C29H36N4O3S. The van der Waals surface area contributed by atoms with Crippen LogP contribution in [0.2, 0.25) is 0 Å². The Balaban J connectivity index is 1.56. The number of hydrogen-bond donors (Lipinski definition) is 2. The lowest BCUT2D eigenvalue weighted by molar-refractivity contribution is -0.116. The van der Waals surface area contributed by atoms with Crippen LogP contribution in [0.25, 0.3) is 0 Å². The summed E-state index contributed by atoms with van der Waals surface area (Å²) in [5.74, 6) is -0.151. The fraction of sp³-hybridized carbons (Fsp3) is 0.345. The zero-order valence-electron chi connectivity index (χ0n) is 21.6. The first kappa shape index (κ1) is 26.9. The second kappa shape index (κ2) is 12.4. The van der Waals surface area contributed by atoms with Gasteiger partial charge in [-0.1, -0.05) is 67.6 Å². The quantitative estimate of drug-likeness (QED) is 0.413. The molecule has 7 nitrogen and oxygen atoms in total. The smallest absolute Gasteiger partial charge is 0.243 e. The van der Waals surface area contributed by atoms with Crippen molar-refractivity contribution in [1.29, 1.82) is 0 Å². The van der Waals surface area contributed by atoms with Crippen molar-refractivity contribution in [3.63, 3.8) is 0 Å². The third kappa shape index (κ3) is 7.19. The van der Waals surface area contributed by atoms with E-state index in [1.165, 1.54) is 0 Å². The maximum absolute atomic E-state index is 13.7. The fourth-order valence-electron chi connectivity index (χ4n) is 4.61. The Bertz CT molecular complexity index is 1280. The maximum atomic E-state index is 13.7. The lowest BCUT2D eigenvalue weighted by atomic mass is 10.1. The van der Waals surface area contributed by atoms with Gasteiger partial charge < -0.3 is 15.1 Å². The molecule has 0 bridgehead atoms. The van der Waals surface area contributed by atoms with Crippen LogP contribution < -0.4 is 14.9 Å². The van der Waals surface area contributed by atoms with Crippen LogP contribution in [0.3, 0.4) is 0 Å². The van der Waals surface area contributed by atoms with Crippen molar-refractivity contribution < 1.29 is 13.2 Å². The minimum absolute atomic E-state index is 0.151. The first-order valence-electron chi connectivity index (χ1n) is 12.9. The highest BCUT2D eigenvalue weighted by molar-refractivity contribution is 7.89. The second-order valence-corrected chi connectivity index (χ2v) is 11.1. The number of aryl methyl sites for hydroxylation is 1. The Kier molecular flexibility index (Phi) is 8.97. The summed E-state index contributed by atoms with van der Waals surface area (Å²) in [6.45, 7) is 8.19. The van der Waals surface area contributed by atoms with Crippen molar-refractivity contribution in [3.05, 3.63) is 90.0 Å². The first-order chi connectivity index (χ1) is 17.9. The van der Waals surface area contributed by atoms with Crippen molar-refractivity contribution in [1.82, 2.24) is 9.62 Å². The lowest BCUT2D eigenvalue weighted by Crippen LogP contribution is -2.46. The predicted molar refractivity (Wildman–Crippen MR) is 149 cm³/mol. The number of carbonyl (C=O) groups is 1. The van der Waals surface area contributed by atoms with Crippen LogP contribution >= 0.6 is 0 Å². The van der Waals surface area contributed by atoms with Crippen LogP contribution in [0, 0.1) is 0 Å². The molecule has 0 saturated carbocycles. The number of nitrogens with zero attached hydrogens (tertiary/aromatic N) is 2. The molecule has 8 heteroatoms. The molecule has 196 valence electrons. The molecule has 0 aliphatic carbocycles. The summed E-state index contributed by atoms with van der Waals surface area (Å²) in [6.07, 6.45) is 0.934. The summed E-state index contributed by atoms with van der Waals surface area (Å²) in [6, 6.07) is 24.1. The van der Waals surface area contributed by atoms with Crippen molar-refractivity contribution >= 4 is 27.3 Å². The number of likely N-dealkylation sites (N-methyl/N-ethyl adjacent to an activating group) is 1. The highest BCUT2D eigenvalue weighted by Gasteiger charge is 2.27. The van der Waals surface area contributed by atoms with Crippen LogP contribution in [-0.2, 0) is 21.2 Å². The number of benzene rings is 3. The van der Waals surface area contributed by atoms with E-state index in [4.69, 9.17) is 0 Å². The number of anilines is 2. The van der Waals surface area contributed by atoms with Gasteiger partial charge in [0.25, 0.3) is 0 Å². The van der Waals surface area contributed by atoms with Gasteiger partial charge in [-0.3, -0.25) is 4.79 Å². The van der Waals surface area contributed by atoms with E-state index in [9.17, 15) is 13.2 Å². The molecule has 1 aliphatic heterocycles. The molecule has 0 spiro atoms. The van der Waals surface area contributed by atoms with Crippen LogP contribution in [0.5, 0.6) is 0 Å². The number of piperazine rings is 1. The van der Waals surface area contributed by atoms with Crippen LogP contribution in [0.1, 0.15) is 37.4 Å². The van der Waals surface area contributed by atoms with Gasteiger partial charge in [-0.2, -0.15) is 0 Å². The van der Waals surface area contributed by atoms with E-state index in [1.54, 1.807) is 12.1 Å². The van der Waals surface area contributed by atoms with Gasteiger partial charge in [0.2, 0.25) is 15.9 Å². The fourth-order valence-corrected chi connectivity index (χ4v) is 6.09. The molecule has 2 N–H and O–H groups in total. The number of sulfonamides is 1. The summed E-state index contributed by atoms with van der Waals surface area (Å²) in [7, 11) is -3.88. The van der Waals surface area contributed by atoms with Gasteiger partial charge in [-0.05, 0) is 49.2 Å². The topological polar surface area (TPSA) is 81.8 Å². The summed E-state index contributed by atoms with van der Waals surface area (Å²) in [5, 5.41) is 2.90. The van der Waals surface area contributed by atoms with Crippen molar-refractivity contribution in [2.45, 2.75) is 37.6 Å². The van der Waals surface area contributed by atoms with Crippen molar-refractivity contribution in [2.75, 3.05) is 42.9 Å². The van der Waals surface area contributed by atoms with E-state index in [0.29, 0.717) is 24.2 Å². The number of carbonyl (C=O) groups excluding carboxylic acids is 1. The third-order valence-corrected chi connectivity index (χ3v) is 8.38. The molecule has 1 aliphatic rings.